The molecule has 5 rings (SSSR count). The summed E-state index contributed by atoms with van der Waals surface area (Å²) in [6.45, 7) is 3.85. The van der Waals surface area contributed by atoms with Gasteiger partial charge in [-0.1, -0.05) is 62.6 Å². The summed E-state index contributed by atoms with van der Waals surface area (Å²) in [5.41, 5.74) is 2.59. The molecule has 234 valence electrons. The fraction of sp³-hybridized carbons (Fsp3) is 0.219. The smallest absolute Gasteiger partial charge is 0.338 e. The minimum absolute atomic E-state index is 0.182. The summed E-state index contributed by atoms with van der Waals surface area (Å²) in [6, 6.07) is 13.4. The average Bonchev–Trinajstić information content (AvgIpc) is 3.30. The zero-order valence-corrected chi connectivity index (χ0v) is 30.0. The lowest BCUT2D eigenvalue weighted by molar-refractivity contribution is -0.139. The van der Waals surface area contributed by atoms with Crippen molar-refractivity contribution in [3.63, 3.8) is 0 Å². The first-order valence-corrected chi connectivity index (χ1v) is 16.7. The largest absolute Gasteiger partial charge is 0.496 e. The summed E-state index contributed by atoms with van der Waals surface area (Å²) in [4.78, 5) is 32.4. The molecule has 0 N–H and O–H groups in total. The number of methoxy groups -OCH3 is 2. The van der Waals surface area contributed by atoms with Crippen molar-refractivity contribution in [3.05, 3.63) is 115 Å². The van der Waals surface area contributed by atoms with Crippen LogP contribution in [0.5, 0.6) is 17.2 Å². The molecule has 8 nitrogen and oxygen atoms in total. The van der Waals surface area contributed by atoms with Gasteiger partial charge in [0.15, 0.2) is 16.3 Å². The van der Waals surface area contributed by atoms with Crippen LogP contribution < -0.4 is 29.1 Å². The summed E-state index contributed by atoms with van der Waals surface area (Å²) in [5, 5.41) is 1.03. The number of aromatic nitrogens is 1. The number of ether oxygens (including phenoxy) is 4. The van der Waals surface area contributed by atoms with Gasteiger partial charge in [0.05, 0.1) is 47.1 Å². The molecule has 3 aromatic carbocycles. The molecule has 1 atom stereocenters. The zero-order chi connectivity index (χ0) is 32.4. The number of rotatable bonds is 9. The third-order valence-electron chi connectivity index (χ3n) is 6.98. The van der Waals surface area contributed by atoms with Crippen LogP contribution in [0.4, 0.5) is 0 Å². The predicted molar refractivity (Wildman–Crippen MR) is 183 cm³/mol. The van der Waals surface area contributed by atoms with Gasteiger partial charge < -0.3 is 18.9 Å². The van der Waals surface area contributed by atoms with Crippen molar-refractivity contribution in [3.8, 4) is 17.2 Å². The van der Waals surface area contributed by atoms with E-state index in [4.69, 9.17) is 42.1 Å². The van der Waals surface area contributed by atoms with Crippen molar-refractivity contribution in [1.29, 1.82) is 0 Å². The van der Waals surface area contributed by atoms with Gasteiger partial charge in [-0.2, -0.15) is 0 Å². The van der Waals surface area contributed by atoms with Gasteiger partial charge in [0.2, 0.25) is 0 Å². The van der Waals surface area contributed by atoms with E-state index in [0.717, 1.165) is 5.56 Å². The highest BCUT2D eigenvalue weighted by Crippen LogP contribution is 2.36. The number of halogens is 4. The highest BCUT2D eigenvalue weighted by Gasteiger charge is 2.33. The Hall–Kier alpha value is -3.09. The van der Waals surface area contributed by atoms with Gasteiger partial charge in [-0.05, 0) is 83.4 Å². The molecule has 1 aliphatic heterocycles. The Labute approximate surface area is 289 Å². The Balaban J connectivity index is 1.58. The van der Waals surface area contributed by atoms with Crippen LogP contribution in [-0.2, 0) is 16.1 Å². The number of esters is 1. The molecule has 0 fully saturated rings. The molecule has 0 amide bonds. The number of carbonyl (C=O) groups is 1. The maximum Gasteiger partial charge on any atom is 0.338 e. The topological polar surface area (TPSA) is 88.4 Å². The number of benzene rings is 3. The lowest BCUT2D eigenvalue weighted by Crippen LogP contribution is -2.40. The first-order chi connectivity index (χ1) is 21.6. The Bertz CT molecular complexity index is 2020. The molecule has 0 bridgehead atoms. The number of hydrogen-bond acceptors (Lipinski definition) is 8. The van der Waals surface area contributed by atoms with Gasteiger partial charge in [0.25, 0.3) is 5.56 Å². The Morgan fingerprint density at radius 3 is 2.44 bits per heavy atom. The van der Waals surface area contributed by atoms with Crippen molar-refractivity contribution in [2.45, 2.75) is 26.5 Å². The predicted octanol–water partition coefficient (Wildman–Crippen LogP) is 7.23. The van der Waals surface area contributed by atoms with Crippen molar-refractivity contribution in [2.24, 2.45) is 4.99 Å². The Morgan fingerprint density at radius 1 is 1.02 bits per heavy atom. The van der Waals surface area contributed by atoms with Gasteiger partial charge in [0, 0.05) is 20.1 Å². The van der Waals surface area contributed by atoms with Gasteiger partial charge in [-0.3, -0.25) is 9.36 Å². The van der Waals surface area contributed by atoms with Crippen molar-refractivity contribution in [1.82, 2.24) is 4.57 Å². The van der Waals surface area contributed by atoms with E-state index in [-0.39, 0.29) is 24.3 Å². The fourth-order valence-corrected chi connectivity index (χ4v) is 7.32. The molecule has 1 aliphatic rings. The number of carbonyl (C=O) groups excluding carboxylic acids is 1. The fourth-order valence-electron chi connectivity index (χ4n) is 4.83. The summed E-state index contributed by atoms with van der Waals surface area (Å²) < 4.78 is 25.7. The monoisotopic (exact) mass is 794 g/mol. The summed E-state index contributed by atoms with van der Waals surface area (Å²) in [7, 11) is 3.10. The van der Waals surface area contributed by atoms with Crippen molar-refractivity contribution < 1.29 is 23.7 Å². The van der Waals surface area contributed by atoms with Crippen LogP contribution in [0.25, 0.3) is 6.08 Å². The number of hydrogen-bond donors (Lipinski definition) is 0. The summed E-state index contributed by atoms with van der Waals surface area (Å²) in [5.74, 6) is 1.03. The number of allylic oxidation sites excluding steroid dienone is 1. The summed E-state index contributed by atoms with van der Waals surface area (Å²) >= 11 is 20.7. The van der Waals surface area contributed by atoms with Gasteiger partial charge in [-0.25, -0.2) is 9.79 Å². The standard InChI is InChI=1S/C32H26Br2Cl2N2O6S/c1-5-43-31(40)28-16(2)37-32-38(29(28)17-7-9-24(41-3)22(34)10-17)30(39)27(45-32)12-19-11-25(42-4)26(14-21(19)33)44-15-18-6-8-20(35)13-23(18)36/h6-14,29H,5,15H2,1-4H3/b27-12+/t29-/m1/s1. The van der Waals surface area contributed by atoms with Crippen molar-refractivity contribution >= 4 is 78.4 Å². The van der Waals surface area contributed by atoms with Crippen LogP contribution in [0.15, 0.2) is 78.5 Å². The zero-order valence-electron chi connectivity index (χ0n) is 24.5. The van der Waals surface area contributed by atoms with Gasteiger partial charge in [0.1, 0.15) is 12.4 Å². The second-order valence-electron chi connectivity index (χ2n) is 9.75. The number of nitrogens with zero attached hydrogens (tertiary/aromatic N) is 2. The molecule has 4 aromatic rings. The minimum Gasteiger partial charge on any atom is -0.496 e. The van der Waals surface area contributed by atoms with Crippen LogP contribution in [0.1, 0.15) is 36.6 Å². The molecule has 2 heterocycles. The van der Waals surface area contributed by atoms with Crippen molar-refractivity contribution in [2.75, 3.05) is 20.8 Å². The quantitative estimate of drug-likeness (QED) is 0.166. The molecule has 0 saturated heterocycles. The summed E-state index contributed by atoms with van der Waals surface area (Å²) in [6.07, 6.45) is 1.75. The van der Waals surface area contributed by atoms with Crippen LogP contribution in [0.3, 0.4) is 0 Å². The third-order valence-corrected chi connectivity index (χ3v) is 9.85. The van der Waals surface area contributed by atoms with Crippen LogP contribution in [0.2, 0.25) is 10.0 Å². The lowest BCUT2D eigenvalue weighted by atomic mass is 9.96. The average molecular weight is 797 g/mol. The van der Waals surface area contributed by atoms with Crippen LogP contribution in [0, 0.1) is 0 Å². The van der Waals surface area contributed by atoms with Crippen LogP contribution in [-0.4, -0.2) is 31.4 Å². The molecular formula is C32H26Br2Cl2N2O6S. The highest BCUT2D eigenvalue weighted by molar-refractivity contribution is 9.10. The van der Waals surface area contributed by atoms with E-state index in [9.17, 15) is 9.59 Å². The second-order valence-corrected chi connectivity index (χ2v) is 13.3. The molecule has 1 aromatic heterocycles. The molecule has 0 spiro atoms. The SMILES string of the molecule is CCOC(=O)C1=C(C)N=c2s/c(=C/c3cc(OC)c(OCc4ccc(Cl)cc4Cl)cc3Br)c(=O)n2[C@@H]1c1ccc(OC)c(Br)c1. The Morgan fingerprint density at radius 2 is 1.78 bits per heavy atom. The van der Waals surface area contributed by atoms with Gasteiger partial charge >= 0.3 is 5.97 Å². The van der Waals surface area contributed by atoms with E-state index in [1.165, 1.54) is 23.0 Å². The Kier molecular flexibility index (Phi) is 10.4. The normalized spacial score (nSPS) is 14.6. The van der Waals surface area contributed by atoms with E-state index >= 15 is 0 Å². The highest BCUT2D eigenvalue weighted by atomic mass is 79.9. The molecule has 0 saturated carbocycles. The molecule has 0 aliphatic carbocycles. The molecule has 13 heteroatoms. The molecular weight excluding hydrogens is 771 g/mol. The lowest BCUT2D eigenvalue weighted by Gasteiger charge is -2.25. The van der Waals surface area contributed by atoms with E-state index in [1.54, 1.807) is 63.4 Å². The molecule has 0 radical (unpaired) electrons. The van der Waals surface area contributed by atoms with E-state index in [0.29, 0.717) is 62.4 Å². The van der Waals surface area contributed by atoms with E-state index in [2.05, 4.69) is 36.9 Å². The third kappa shape index (κ3) is 6.88. The number of fused-ring (bicyclic) bond motifs is 1. The minimum atomic E-state index is -0.766. The maximum atomic E-state index is 14.1. The molecule has 0 unspecified atom stereocenters. The van der Waals surface area contributed by atoms with Crippen LogP contribution >= 0.6 is 66.4 Å². The molecule has 45 heavy (non-hydrogen) atoms. The van der Waals surface area contributed by atoms with Gasteiger partial charge in [-0.15, -0.1) is 0 Å². The number of thiazole rings is 1. The second kappa shape index (κ2) is 14.1. The first kappa shape index (κ1) is 33.3. The maximum absolute atomic E-state index is 14.1. The van der Waals surface area contributed by atoms with E-state index < -0.39 is 12.0 Å². The van der Waals surface area contributed by atoms with E-state index in [1.807, 2.05) is 12.1 Å². The first-order valence-electron chi connectivity index (χ1n) is 13.5.